The lowest BCUT2D eigenvalue weighted by molar-refractivity contribution is 1.25. The number of nitrogens with two attached hydrogens (primary N) is 3. The quantitative estimate of drug-likeness (QED) is 0.296. The molecule has 2 aromatic rings. The molecule has 0 aromatic carbocycles. The predicted molar refractivity (Wildman–Crippen MR) is 134 cm³/mol. The summed E-state index contributed by atoms with van der Waals surface area (Å²) in [5.74, 6) is 1.83. The van der Waals surface area contributed by atoms with E-state index in [1.54, 1.807) is 29.5 Å². The van der Waals surface area contributed by atoms with Crippen molar-refractivity contribution in [1.82, 2.24) is 9.97 Å². The van der Waals surface area contributed by atoms with Gasteiger partial charge in [0.05, 0.1) is 5.69 Å². The van der Waals surface area contributed by atoms with Crippen LogP contribution in [-0.2, 0) is 6.42 Å². The van der Waals surface area contributed by atoms with Gasteiger partial charge in [-0.05, 0) is 22.6 Å². The third kappa shape index (κ3) is 16.3. The van der Waals surface area contributed by atoms with Gasteiger partial charge in [-0.3, -0.25) is 0 Å². The molecule has 28 heavy (non-hydrogen) atoms. The number of nitriles is 1. The monoisotopic (exact) mass is 563 g/mol. The third-order valence-electron chi connectivity index (χ3n) is 2.36. The van der Waals surface area contributed by atoms with E-state index in [1.807, 2.05) is 39.8 Å². The molecule has 7 nitrogen and oxygen atoms in total. The van der Waals surface area contributed by atoms with E-state index < -0.39 is 0 Å². The van der Waals surface area contributed by atoms with Crippen molar-refractivity contribution in [1.29, 1.82) is 5.26 Å². The maximum absolute atomic E-state index is 7.24. The Morgan fingerprint density at radius 1 is 1.07 bits per heavy atom. The van der Waals surface area contributed by atoms with Crippen LogP contribution in [0.1, 0.15) is 40.2 Å². The van der Waals surface area contributed by atoms with Crippen LogP contribution < -0.4 is 17.2 Å². The zero-order chi connectivity index (χ0) is 22.4. The summed E-state index contributed by atoms with van der Waals surface area (Å²) >= 11 is 4.74. The lowest BCUT2D eigenvalue weighted by Gasteiger charge is -1.92. The fourth-order valence-corrected chi connectivity index (χ4v) is 1.47. The first-order chi connectivity index (χ1) is 13.5. The number of pyridine rings is 2. The molecule has 0 atom stereocenters. The summed E-state index contributed by atoms with van der Waals surface area (Å²) < 4.78 is 1.22. The van der Waals surface area contributed by atoms with E-state index in [0.29, 0.717) is 17.3 Å². The van der Waals surface area contributed by atoms with Crippen LogP contribution in [0.3, 0.4) is 0 Å². The number of fused-ring (bicyclic) bond motifs is 1. The Balaban J connectivity index is -0.000000312. The van der Waals surface area contributed by atoms with Gasteiger partial charge in [-0.25, -0.2) is 15.0 Å². The standard InChI is InChI=1S/C7H7N3.C5H7N3.C2H5I.2C2H6.CBrN/c8-6-4-5-2-1-3-9-7(5)10-6;6-4-2-1-3-8-5(4)7;1-2-3;2*1-2;2-1-3/h1-3H,4H2,(H2,8,9,10);1-3H,6H2,(H2,7,8);2H2,1H3;2*1-2H3;. The van der Waals surface area contributed by atoms with E-state index in [0.717, 1.165) is 17.8 Å². The largest absolute Gasteiger partial charge is 0.396 e. The number of aliphatic imine (C=N–C) groups is 1. The first kappa shape index (κ1) is 30.8. The second-order valence-electron chi connectivity index (χ2n) is 4.10. The van der Waals surface area contributed by atoms with Gasteiger partial charge < -0.3 is 17.2 Å². The number of nitrogens with zero attached hydrogens (tertiary/aromatic N) is 4. The molecule has 2 aromatic heterocycles. The molecule has 0 spiro atoms. The van der Waals surface area contributed by atoms with Crippen molar-refractivity contribution >= 4 is 61.7 Å². The lowest BCUT2D eigenvalue weighted by atomic mass is 10.2. The van der Waals surface area contributed by atoms with Crippen LogP contribution >= 0.6 is 38.5 Å². The molecule has 3 rings (SSSR count). The third-order valence-corrected chi connectivity index (χ3v) is 2.36. The van der Waals surface area contributed by atoms with Gasteiger partial charge in [0.25, 0.3) is 0 Å². The molecule has 3 heterocycles. The summed E-state index contributed by atoms with van der Waals surface area (Å²) in [6, 6.07) is 7.34. The Bertz CT molecular complexity index is 667. The van der Waals surface area contributed by atoms with Gasteiger partial charge >= 0.3 is 0 Å². The normalized spacial score (nSPS) is 9.14. The van der Waals surface area contributed by atoms with E-state index in [1.165, 1.54) is 4.43 Å². The van der Waals surface area contributed by atoms with E-state index >= 15 is 0 Å². The SMILES string of the molecule is CC.CC.CCI.N#CBr.NC1=Nc2ncccc2C1.Nc1cccnc1N. The molecular formula is C19H31BrIN7. The minimum atomic E-state index is 0.396. The summed E-state index contributed by atoms with van der Waals surface area (Å²) in [7, 11) is 0. The molecule has 0 unspecified atom stereocenters. The first-order valence-corrected chi connectivity index (χ1v) is 11.1. The minimum absolute atomic E-state index is 0.396. The molecule has 6 N–H and O–H groups in total. The number of hydrogen-bond donors (Lipinski definition) is 3. The zero-order valence-corrected chi connectivity index (χ0v) is 20.9. The van der Waals surface area contributed by atoms with Gasteiger partial charge in [-0.1, -0.05) is 63.3 Å². The average molecular weight is 564 g/mol. The van der Waals surface area contributed by atoms with Crippen molar-refractivity contribution in [2.45, 2.75) is 41.0 Å². The summed E-state index contributed by atoms with van der Waals surface area (Å²) in [6.45, 7) is 10.1. The number of halogens is 2. The number of nitrogen functional groups attached to an aromatic ring is 2. The van der Waals surface area contributed by atoms with E-state index in [9.17, 15) is 0 Å². The molecule has 0 aliphatic carbocycles. The van der Waals surface area contributed by atoms with Gasteiger partial charge in [0.2, 0.25) is 0 Å². The highest BCUT2D eigenvalue weighted by atomic mass is 127. The number of hydrogen-bond acceptors (Lipinski definition) is 7. The number of aromatic nitrogens is 2. The van der Waals surface area contributed by atoms with Crippen LogP contribution in [0.25, 0.3) is 0 Å². The van der Waals surface area contributed by atoms with Gasteiger partial charge in [0, 0.05) is 40.3 Å². The second-order valence-corrected chi connectivity index (χ2v) is 5.98. The molecule has 1 aliphatic rings. The second kappa shape index (κ2) is 23.1. The van der Waals surface area contributed by atoms with Gasteiger partial charge in [-0.15, -0.1) is 0 Å². The average Bonchev–Trinajstić information content (AvgIpc) is 3.09. The highest BCUT2D eigenvalue weighted by Crippen LogP contribution is 2.20. The van der Waals surface area contributed by atoms with Crippen molar-refractivity contribution < 1.29 is 0 Å². The van der Waals surface area contributed by atoms with Crippen LogP contribution in [0.5, 0.6) is 0 Å². The van der Waals surface area contributed by atoms with Crippen LogP contribution in [0.15, 0.2) is 41.7 Å². The molecule has 9 heteroatoms. The smallest absolute Gasteiger partial charge is 0.157 e. The van der Waals surface area contributed by atoms with Crippen LogP contribution in [0, 0.1) is 10.2 Å². The highest BCUT2D eigenvalue weighted by Gasteiger charge is 2.10. The Morgan fingerprint density at radius 2 is 1.54 bits per heavy atom. The zero-order valence-electron chi connectivity index (χ0n) is 17.2. The molecule has 0 bridgehead atoms. The molecule has 1 aliphatic heterocycles. The summed E-state index contributed by atoms with van der Waals surface area (Å²) in [5.41, 5.74) is 17.8. The van der Waals surface area contributed by atoms with Gasteiger partial charge in [0.15, 0.2) is 5.82 Å². The van der Waals surface area contributed by atoms with Crippen molar-refractivity contribution in [2.75, 3.05) is 15.9 Å². The van der Waals surface area contributed by atoms with Crippen molar-refractivity contribution in [3.8, 4) is 4.98 Å². The first-order valence-electron chi connectivity index (χ1n) is 8.78. The maximum atomic E-state index is 7.24. The molecule has 0 fully saturated rings. The van der Waals surface area contributed by atoms with E-state index in [2.05, 4.69) is 60.4 Å². The fraction of sp³-hybridized carbons (Fsp3) is 0.368. The number of anilines is 2. The summed E-state index contributed by atoms with van der Waals surface area (Å²) in [6.07, 6.45) is 4.08. The Hall–Kier alpha value is -1.93. The highest BCUT2D eigenvalue weighted by molar-refractivity contribution is 14.1. The molecule has 0 amide bonds. The lowest BCUT2D eigenvalue weighted by Crippen LogP contribution is -2.09. The number of alkyl halides is 1. The summed E-state index contributed by atoms with van der Waals surface area (Å²) in [5, 5.41) is 7.24. The Morgan fingerprint density at radius 3 is 1.93 bits per heavy atom. The predicted octanol–water partition coefficient (Wildman–Crippen LogP) is 5.23. The molecule has 0 saturated heterocycles. The Labute approximate surface area is 191 Å². The fourth-order valence-electron chi connectivity index (χ4n) is 1.47. The molecule has 156 valence electrons. The Kier molecular flexibility index (Phi) is 25.4. The molecule has 0 radical (unpaired) electrons. The van der Waals surface area contributed by atoms with Crippen LogP contribution in [0.4, 0.5) is 17.3 Å². The van der Waals surface area contributed by atoms with Crippen LogP contribution in [-0.4, -0.2) is 20.2 Å². The van der Waals surface area contributed by atoms with Crippen molar-refractivity contribution in [3.63, 3.8) is 0 Å². The molecular weight excluding hydrogens is 533 g/mol. The van der Waals surface area contributed by atoms with Gasteiger partial charge in [0.1, 0.15) is 16.6 Å². The van der Waals surface area contributed by atoms with Crippen molar-refractivity contribution in [2.24, 2.45) is 10.7 Å². The van der Waals surface area contributed by atoms with Gasteiger partial charge in [-0.2, -0.15) is 5.26 Å². The number of rotatable bonds is 0. The van der Waals surface area contributed by atoms with E-state index in [4.69, 9.17) is 22.5 Å². The van der Waals surface area contributed by atoms with E-state index in [-0.39, 0.29) is 0 Å². The minimum Gasteiger partial charge on any atom is -0.396 e. The number of amidine groups is 1. The molecule has 0 saturated carbocycles. The van der Waals surface area contributed by atoms with Crippen LogP contribution in [0.2, 0.25) is 0 Å². The summed E-state index contributed by atoms with van der Waals surface area (Å²) in [4.78, 5) is 13.4. The van der Waals surface area contributed by atoms with Crippen molar-refractivity contribution in [3.05, 3.63) is 42.2 Å². The maximum Gasteiger partial charge on any atom is 0.157 e. The topological polar surface area (TPSA) is 140 Å².